The van der Waals surface area contributed by atoms with Crippen molar-refractivity contribution in [3.05, 3.63) is 0 Å². The summed E-state index contributed by atoms with van der Waals surface area (Å²) in [6.07, 6.45) is 10.6. The highest BCUT2D eigenvalue weighted by Gasteiger charge is 1.80. The molecule has 0 aliphatic rings. The van der Waals surface area contributed by atoms with Gasteiger partial charge in [-0.25, -0.2) is 0 Å². The van der Waals surface area contributed by atoms with Crippen molar-refractivity contribution in [2.45, 2.75) is 176 Å². The Kier molecular flexibility index (Phi) is 126. The normalized spacial score (nSPS) is 7.86. The Morgan fingerprint density at radius 1 is 0.448 bits per heavy atom. The van der Waals surface area contributed by atoms with Crippen LogP contribution in [0.2, 0.25) is 0 Å². The Labute approximate surface area is 194 Å². The summed E-state index contributed by atoms with van der Waals surface area (Å²) in [7, 11) is 0. The molecular formula is C29H74. The van der Waals surface area contributed by atoms with Gasteiger partial charge < -0.3 is 0 Å². The minimum atomic E-state index is 0. The van der Waals surface area contributed by atoms with Crippen molar-refractivity contribution in [1.82, 2.24) is 0 Å². The van der Waals surface area contributed by atoms with Crippen molar-refractivity contribution in [2.75, 3.05) is 0 Å². The van der Waals surface area contributed by atoms with Gasteiger partial charge >= 0.3 is 0 Å². The third-order valence-corrected chi connectivity index (χ3v) is 2.84. The van der Waals surface area contributed by atoms with Gasteiger partial charge in [-0.05, 0) is 17.8 Å². The molecule has 0 spiro atoms. The molecule has 0 bridgehead atoms. The van der Waals surface area contributed by atoms with Gasteiger partial charge in [0.1, 0.15) is 0 Å². The van der Waals surface area contributed by atoms with Crippen molar-refractivity contribution in [3.8, 4) is 0 Å². The maximum atomic E-state index is 2.22. The van der Waals surface area contributed by atoms with E-state index in [0.29, 0.717) is 0 Å². The van der Waals surface area contributed by atoms with E-state index in [1.807, 2.05) is 13.8 Å². The summed E-state index contributed by atoms with van der Waals surface area (Å²) in [5.41, 5.74) is 0. The third-order valence-electron chi connectivity index (χ3n) is 2.84. The van der Waals surface area contributed by atoms with Gasteiger partial charge in [-0.3, -0.25) is 0 Å². The lowest BCUT2D eigenvalue weighted by Crippen LogP contribution is -1.77. The summed E-state index contributed by atoms with van der Waals surface area (Å²) >= 11 is 0. The zero-order valence-electron chi connectivity index (χ0n) is 24.4. The van der Waals surface area contributed by atoms with Crippen molar-refractivity contribution < 1.29 is 0 Å². The highest BCUT2D eigenvalue weighted by molar-refractivity contribution is 4.33. The van der Waals surface area contributed by atoms with Crippen LogP contribution in [0.1, 0.15) is 176 Å². The molecule has 0 aromatic carbocycles. The maximum absolute atomic E-state index is 2.22. The monoisotopic (exact) mass is 423 g/mol. The molecule has 29 heavy (non-hydrogen) atoms. The van der Waals surface area contributed by atoms with Gasteiger partial charge in [-0.2, -0.15) is 0 Å². The first kappa shape index (κ1) is 51.6. The number of rotatable bonds is 5. The van der Waals surface area contributed by atoms with Crippen LogP contribution in [0.25, 0.3) is 0 Å². The fourth-order valence-electron chi connectivity index (χ4n) is 0.354. The molecule has 0 aromatic rings. The molecular weight excluding hydrogens is 348 g/mol. The molecule has 0 fully saturated rings. The standard InChI is InChI=1S/3C5H12.2C4H10.C3H8.C2H6.CH4/c2*1-4-5(2)3;1-3-5-4-2;1-4(2)3;1-3-4-2;1-3-2;1-2;/h2*5H,4H2,1-3H3;3-5H2,1-2H3;4H,1-3H3;3-4H2,1-2H3;3H2,1-2H3;1-2H3;1H4. The quantitative estimate of drug-likeness (QED) is 0.413. The van der Waals surface area contributed by atoms with Gasteiger partial charge in [0.15, 0.2) is 0 Å². The second kappa shape index (κ2) is 70.6. The van der Waals surface area contributed by atoms with Crippen LogP contribution in [-0.4, -0.2) is 0 Å². The van der Waals surface area contributed by atoms with E-state index in [2.05, 4.69) is 104 Å². The predicted octanol–water partition coefficient (Wildman–Crippen LogP) is 12.8. The Morgan fingerprint density at radius 3 is 0.586 bits per heavy atom. The average molecular weight is 423 g/mol. The van der Waals surface area contributed by atoms with E-state index in [4.69, 9.17) is 0 Å². The first-order chi connectivity index (χ1) is 13.0. The topological polar surface area (TPSA) is 0 Å². The SMILES string of the molecule is C.CC.CC(C)C.CCC.CCC(C)C.CCC(C)C.CCCC.CCCCC. The zero-order chi connectivity index (χ0) is 24.4. The molecule has 0 radical (unpaired) electrons. The molecule has 190 valence electrons. The minimum absolute atomic E-state index is 0. The highest BCUT2D eigenvalue weighted by Crippen LogP contribution is 1.94. The van der Waals surface area contributed by atoms with Crippen LogP contribution < -0.4 is 0 Å². The Morgan fingerprint density at radius 2 is 0.586 bits per heavy atom. The van der Waals surface area contributed by atoms with E-state index in [1.54, 1.807) is 0 Å². The smallest absolute Gasteiger partial charge is 0.0474 e. The van der Waals surface area contributed by atoms with E-state index in [1.165, 1.54) is 51.4 Å². The highest BCUT2D eigenvalue weighted by atomic mass is 13.9. The van der Waals surface area contributed by atoms with E-state index in [0.717, 1.165) is 17.8 Å². The van der Waals surface area contributed by atoms with Crippen LogP contribution >= 0.6 is 0 Å². The van der Waals surface area contributed by atoms with E-state index in [9.17, 15) is 0 Å². The van der Waals surface area contributed by atoms with Crippen molar-refractivity contribution in [2.24, 2.45) is 17.8 Å². The third kappa shape index (κ3) is 386. The van der Waals surface area contributed by atoms with Crippen LogP contribution in [-0.2, 0) is 0 Å². The second-order valence-corrected chi connectivity index (χ2v) is 8.40. The summed E-state index contributed by atoms with van der Waals surface area (Å²) in [4.78, 5) is 0. The number of unbranched alkanes of at least 4 members (excludes halogenated alkanes) is 3. The summed E-state index contributed by atoms with van der Waals surface area (Å²) in [6.45, 7) is 36.8. The minimum Gasteiger partial charge on any atom is -0.0776 e. The molecule has 0 amide bonds. The van der Waals surface area contributed by atoms with E-state index < -0.39 is 0 Å². The number of hydrogen-bond donors (Lipinski definition) is 0. The Hall–Kier alpha value is 0. The molecule has 0 atom stereocenters. The Bertz CT molecular complexity index is 118. The molecule has 0 saturated heterocycles. The molecule has 0 rings (SSSR count). The maximum Gasteiger partial charge on any atom is -0.0474 e. The van der Waals surface area contributed by atoms with Gasteiger partial charge in [0.05, 0.1) is 0 Å². The molecule has 0 nitrogen and oxygen atoms in total. The van der Waals surface area contributed by atoms with Crippen LogP contribution in [0.3, 0.4) is 0 Å². The second-order valence-electron chi connectivity index (χ2n) is 8.40. The lowest BCUT2D eigenvalue weighted by atomic mass is 10.2. The molecule has 0 heteroatoms. The van der Waals surface area contributed by atoms with Crippen LogP contribution in [0.5, 0.6) is 0 Å². The number of hydrogen-bond acceptors (Lipinski definition) is 0. The molecule has 0 N–H and O–H groups in total. The Balaban J connectivity index is -0.0000000299. The molecule has 0 aliphatic heterocycles. The van der Waals surface area contributed by atoms with Crippen LogP contribution in [0.4, 0.5) is 0 Å². The van der Waals surface area contributed by atoms with Crippen molar-refractivity contribution >= 4 is 0 Å². The van der Waals surface area contributed by atoms with Crippen LogP contribution in [0.15, 0.2) is 0 Å². The average Bonchev–Trinajstić information content (AvgIpc) is 2.65. The first-order valence-corrected chi connectivity index (χ1v) is 13.0. The zero-order valence-corrected chi connectivity index (χ0v) is 24.4. The first-order valence-electron chi connectivity index (χ1n) is 13.0. The lowest BCUT2D eigenvalue weighted by molar-refractivity contribution is 0.626. The summed E-state index contributed by atoms with van der Waals surface area (Å²) in [6, 6.07) is 0. The summed E-state index contributed by atoms with van der Waals surface area (Å²) < 4.78 is 0. The van der Waals surface area contributed by atoms with Gasteiger partial charge in [-0.1, -0.05) is 176 Å². The molecule has 0 saturated carbocycles. The van der Waals surface area contributed by atoms with Crippen molar-refractivity contribution in [1.29, 1.82) is 0 Å². The molecule has 0 aliphatic carbocycles. The fourth-order valence-corrected chi connectivity index (χ4v) is 0.354. The fraction of sp³-hybridized carbons (Fsp3) is 1.00. The predicted molar refractivity (Wildman–Crippen MR) is 151 cm³/mol. The van der Waals surface area contributed by atoms with Crippen molar-refractivity contribution in [3.63, 3.8) is 0 Å². The largest absolute Gasteiger partial charge is 0.0776 e. The molecule has 0 heterocycles. The van der Waals surface area contributed by atoms with Gasteiger partial charge in [0.25, 0.3) is 0 Å². The molecule has 0 unspecified atom stereocenters. The van der Waals surface area contributed by atoms with Crippen LogP contribution in [0, 0.1) is 17.8 Å². The van der Waals surface area contributed by atoms with E-state index >= 15 is 0 Å². The van der Waals surface area contributed by atoms with Gasteiger partial charge in [0, 0.05) is 0 Å². The van der Waals surface area contributed by atoms with E-state index in [-0.39, 0.29) is 7.43 Å². The van der Waals surface area contributed by atoms with Gasteiger partial charge in [-0.15, -0.1) is 0 Å². The molecule has 0 aromatic heterocycles. The lowest BCUT2D eigenvalue weighted by Gasteiger charge is -1.90. The summed E-state index contributed by atoms with van der Waals surface area (Å²) in [5, 5.41) is 0. The summed E-state index contributed by atoms with van der Waals surface area (Å²) in [5.74, 6) is 2.60. The van der Waals surface area contributed by atoms with Gasteiger partial charge in [0.2, 0.25) is 0 Å².